The third-order valence-corrected chi connectivity index (χ3v) is 5.13. The van der Waals surface area contributed by atoms with E-state index in [-0.39, 0.29) is 5.11 Å². The molecule has 6 heteroatoms. The quantitative estimate of drug-likeness (QED) is 0.391. The Morgan fingerprint density at radius 3 is 2.20 bits per heavy atom. The number of aliphatic imine (C=N–C) groups is 1. The second-order valence-corrected chi connectivity index (χ2v) is 7.36. The zero-order chi connectivity index (χ0) is 21.1. The molecule has 1 aliphatic heterocycles. The number of amides is 2. The first kappa shape index (κ1) is 19.7. The van der Waals surface area contributed by atoms with Gasteiger partial charge in [-0.25, -0.2) is 0 Å². The second-order valence-electron chi connectivity index (χ2n) is 6.97. The Kier molecular flexibility index (Phi) is 5.50. The Labute approximate surface area is 180 Å². The van der Waals surface area contributed by atoms with Crippen LogP contribution in [0.4, 0.5) is 11.4 Å². The lowest BCUT2D eigenvalue weighted by Crippen LogP contribution is -2.58. The number of rotatable bonds is 4. The molecule has 0 saturated carbocycles. The molecule has 0 radical (unpaired) electrons. The fraction of sp³-hybridized carbons (Fsp3) is 0.0833. The summed E-state index contributed by atoms with van der Waals surface area (Å²) in [6.07, 6.45) is 1.37. The Bertz CT molecular complexity index is 1120. The molecule has 1 saturated heterocycles. The molecule has 1 aliphatic rings. The van der Waals surface area contributed by atoms with Crippen molar-refractivity contribution in [1.29, 1.82) is 0 Å². The number of hydrogen-bond donors (Lipinski definition) is 1. The van der Waals surface area contributed by atoms with Gasteiger partial charge in [0.05, 0.1) is 11.4 Å². The van der Waals surface area contributed by atoms with E-state index in [0.29, 0.717) is 11.4 Å². The maximum Gasteiger partial charge on any atom is 0.251 e. The highest BCUT2D eigenvalue weighted by Crippen LogP contribution is 2.24. The van der Waals surface area contributed by atoms with Crippen LogP contribution < -0.4 is 10.2 Å². The van der Waals surface area contributed by atoms with Gasteiger partial charge in [0.1, 0.15) is 0 Å². The van der Waals surface area contributed by atoms with E-state index < -0.39 is 17.7 Å². The largest absolute Gasteiger partial charge is 0.301 e. The van der Waals surface area contributed by atoms with Gasteiger partial charge in [-0.1, -0.05) is 60.2 Å². The van der Waals surface area contributed by atoms with Crippen molar-refractivity contribution in [3.8, 4) is 11.1 Å². The third-order valence-electron chi connectivity index (χ3n) is 4.84. The molecular weight excluding hydrogens is 394 g/mol. The minimum Gasteiger partial charge on any atom is -0.301 e. The maximum atomic E-state index is 13.0. The highest BCUT2D eigenvalue weighted by atomic mass is 32.1. The van der Waals surface area contributed by atoms with Crippen molar-refractivity contribution in [3.63, 3.8) is 0 Å². The molecule has 3 aromatic carbocycles. The van der Waals surface area contributed by atoms with Gasteiger partial charge >= 0.3 is 0 Å². The number of nitrogens with one attached hydrogen (secondary N) is 1. The predicted octanol–water partition coefficient (Wildman–Crippen LogP) is 4.43. The first-order valence-corrected chi connectivity index (χ1v) is 9.89. The molecular formula is C24H19N3O2S. The lowest BCUT2D eigenvalue weighted by atomic mass is 10.0. The smallest absolute Gasteiger partial charge is 0.251 e. The minimum atomic E-state index is -1.05. The van der Waals surface area contributed by atoms with E-state index in [1.54, 1.807) is 12.1 Å². The van der Waals surface area contributed by atoms with Crippen molar-refractivity contribution < 1.29 is 9.59 Å². The molecule has 0 spiro atoms. The van der Waals surface area contributed by atoms with Crippen LogP contribution in [0.25, 0.3) is 11.1 Å². The van der Waals surface area contributed by atoms with Gasteiger partial charge in [-0.05, 0) is 54.5 Å². The van der Waals surface area contributed by atoms with Crippen molar-refractivity contribution in [2.75, 3.05) is 4.90 Å². The Morgan fingerprint density at radius 1 is 0.900 bits per heavy atom. The van der Waals surface area contributed by atoms with Crippen molar-refractivity contribution in [1.82, 2.24) is 5.32 Å². The van der Waals surface area contributed by atoms with Crippen LogP contribution >= 0.6 is 12.2 Å². The van der Waals surface area contributed by atoms with E-state index in [4.69, 9.17) is 12.2 Å². The van der Waals surface area contributed by atoms with Crippen LogP contribution in [0.5, 0.6) is 0 Å². The minimum absolute atomic E-state index is 0.0747. The number of aryl methyl sites for hydroxylation is 1. The highest BCUT2D eigenvalue weighted by molar-refractivity contribution is 7.80. The van der Waals surface area contributed by atoms with Crippen molar-refractivity contribution in [3.05, 3.63) is 84.4 Å². The normalized spacial score (nSPS) is 16.8. The Morgan fingerprint density at radius 2 is 1.53 bits per heavy atom. The molecule has 0 aromatic heterocycles. The number of nitrogens with zero attached hydrogens (tertiary/aromatic N) is 2. The van der Waals surface area contributed by atoms with Crippen LogP contribution in [0.2, 0.25) is 0 Å². The fourth-order valence-corrected chi connectivity index (χ4v) is 3.49. The van der Waals surface area contributed by atoms with Crippen LogP contribution in [0, 0.1) is 12.8 Å². The van der Waals surface area contributed by atoms with Crippen molar-refractivity contribution in [2.45, 2.75) is 6.92 Å². The highest BCUT2D eigenvalue weighted by Gasteiger charge is 2.38. The monoisotopic (exact) mass is 413 g/mol. The summed E-state index contributed by atoms with van der Waals surface area (Å²) in [4.78, 5) is 31.0. The molecule has 5 nitrogen and oxygen atoms in total. The van der Waals surface area contributed by atoms with E-state index in [0.717, 1.165) is 16.7 Å². The van der Waals surface area contributed by atoms with Gasteiger partial charge in [-0.15, -0.1) is 0 Å². The van der Waals surface area contributed by atoms with E-state index in [2.05, 4.69) is 10.3 Å². The Balaban J connectivity index is 1.54. The van der Waals surface area contributed by atoms with Crippen LogP contribution in [-0.2, 0) is 9.59 Å². The second kappa shape index (κ2) is 8.39. The molecule has 1 atom stereocenters. The summed E-state index contributed by atoms with van der Waals surface area (Å²) in [5.74, 6) is -1.94. The van der Waals surface area contributed by atoms with Gasteiger partial charge in [0.2, 0.25) is 5.91 Å². The molecule has 0 unspecified atom stereocenters. The average molecular weight is 414 g/mol. The number of thiocarbonyl (C=S) groups is 1. The number of anilines is 1. The van der Waals surface area contributed by atoms with Crippen LogP contribution in [0.1, 0.15) is 5.56 Å². The molecule has 30 heavy (non-hydrogen) atoms. The van der Waals surface area contributed by atoms with E-state index in [1.165, 1.54) is 11.1 Å². The van der Waals surface area contributed by atoms with Gasteiger partial charge < -0.3 is 5.32 Å². The summed E-state index contributed by atoms with van der Waals surface area (Å²) >= 11 is 5.22. The molecule has 1 N–H and O–H groups in total. The SMILES string of the molecule is Cc1ccc(N2C(=O)[C@@H](C=Nc3ccc(-c4ccccc4)cc3)C(=O)NC2=S)cc1. The molecule has 4 rings (SSSR count). The molecule has 2 amide bonds. The summed E-state index contributed by atoms with van der Waals surface area (Å²) in [6, 6.07) is 25.0. The molecule has 148 valence electrons. The van der Waals surface area contributed by atoms with Crippen LogP contribution in [0.3, 0.4) is 0 Å². The lowest BCUT2D eigenvalue weighted by Gasteiger charge is -2.30. The standard InChI is InChI=1S/C24H19N3O2S/c1-16-7-13-20(14-8-16)27-23(29)21(22(28)26-24(27)30)15-25-19-11-9-18(10-12-19)17-5-3-2-4-6-17/h2-15,21H,1H3,(H,26,28,30)/t21-/m0/s1. The van der Waals surface area contributed by atoms with Crippen LogP contribution in [0.15, 0.2) is 83.9 Å². The lowest BCUT2D eigenvalue weighted by molar-refractivity contribution is -0.130. The van der Waals surface area contributed by atoms with Crippen LogP contribution in [-0.4, -0.2) is 23.1 Å². The molecule has 0 aliphatic carbocycles. The summed E-state index contributed by atoms with van der Waals surface area (Å²) in [5.41, 5.74) is 4.51. The summed E-state index contributed by atoms with van der Waals surface area (Å²) in [5, 5.41) is 2.67. The predicted molar refractivity (Wildman–Crippen MR) is 123 cm³/mol. The maximum absolute atomic E-state index is 13.0. The first-order valence-electron chi connectivity index (χ1n) is 9.48. The van der Waals surface area contributed by atoms with Gasteiger partial charge in [0.15, 0.2) is 11.0 Å². The van der Waals surface area contributed by atoms with E-state index in [1.807, 2.05) is 73.7 Å². The van der Waals surface area contributed by atoms with E-state index in [9.17, 15) is 9.59 Å². The molecule has 1 fully saturated rings. The van der Waals surface area contributed by atoms with Crippen molar-refractivity contribution >= 4 is 46.7 Å². The molecule has 0 bridgehead atoms. The van der Waals surface area contributed by atoms with Gasteiger partial charge in [0.25, 0.3) is 5.91 Å². The number of benzene rings is 3. The van der Waals surface area contributed by atoms with E-state index >= 15 is 0 Å². The molecule has 3 aromatic rings. The summed E-state index contributed by atoms with van der Waals surface area (Å²) in [6.45, 7) is 1.96. The molecule has 1 heterocycles. The number of carbonyl (C=O) groups is 2. The summed E-state index contributed by atoms with van der Waals surface area (Å²) < 4.78 is 0. The number of carbonyl (C=O) groups excluding carboxylic acids is 2. The van der Waals surface area contributed by atoms with Gasteiger partial charge in [0, 0.05) is 6.21 Å². The average Bonchev–Trinajstić information content (AvgIpc) is 2.76. The zero-order valence-corrected chi connectivity index (χ0v) is 17.1. The van der Waals surface area contributed by atoms with Gasteiger partial charge in [-0.2, -0.15) is 0 Å². The van der Waals surface area contributed by atoms with Crippen molar-refractivity contribution in [2.24, 2.45) is 10.9 Å². The fourth-order valence-electron chi connectivity index (χ4n) is 3.19. The summed E-state index contributed by atoms with van der Waals surface area (Å²) in [7, 11) is 0. The number of hydrogen-bond acceptors (Lipinski definition) is 4. The Hall–Kier alpha value is -3.64. The third kappa shape index (κ3) is 4.04. The van der Waals surface area contributed by atoms with Gasteiger partial charge in [-0.3, -0.25) is 19.5 Å². The zero-order valence-electron chi connectivity index (χ0n) is 16.3. The topological polar surface area (TPSA) is 61.8 Å². The first-order chi connectivity index (χ1) is 14.5.